The zero-order chi connectivity index (χ0) is 14.6. The molecule has 7 heteroatoms. The van der Waals surface area contributed by atoms with Crippen LogP contribution in [-0.2, 0) is 4.79 Å². The van der Waals surface area contributed by atoms with E-state index in [-0.39, 0.29) is 22.7 Å². The summed E-state index contributed by atoms with van der Waals surface area (Å²) in [7, 11) is 0. The van der Waals surface area contributed by atoms with E-state index in [1.54, 1.807) is 0 Å². The lowest BCUT2D eigenvalue weighted by Crippen LogP contribution is -2.23. The molecule has 2 unspecified atom stereocenters. The molecule has 1 aromatic carbocycles. The Hall–Kier alpha value is -1.31. The average molecular weight is 290 g/mol. The predicted molar refractivity (Wildman–Crippen MR) is 65.9 cm³/mol. The SMILES string of the molecule is CC(=O)SCC(O)C(O)c1ccc(F)c(C=O)c1F. The summed E-state index contributed by atoms with van der Waals surface area (Å²) in [5.74, 6) is -2.39. The van der Waals surface area contributed by atoms with E-state index in [0.717, 1.165) is 23.9 Å². The van der Waals surface area contributed by atoms with E-state index in [0.29, 0.717) is 0 Å². The second-order valence-corrected chi connectivity index (χ2v) is 4.99. The summed E-state index contributed by atoms with van der Waals surface area (Å²) >= 11 is 0.766. The number of rotatable bonds is 5. The summed E-state index contributed by atoms with van der Waals surface area (Å²) in [6.07, 6.45) is -3.06. The third kappa shape index (κ3) is 3.82. The van der Waals surface area contributed by atoms with Crippen LogP contribution in [0.5, 0.6) is 0 Å². The highest BCUT2D eigenvalue weighted by molar-refractivity contribution is 8.13. The highest BCUT2D eigenvalue weighted by Gasteiger charge is 2.24. The van der Waals surface area contributed by atoms with E-state index in [1.807, 2.05) is 0 Å². The van der Waals surface area contributed by atoms with E-state index >= 15 is 0 Å². The Morgan fingerprint density at radius 2 is 2.05 bits per heavy atom. The molecule has 1 aromatic rings. The monoisotopic (exact) mass is 290 g/mol. The Balaban J connectivity index is 2.96. The minimum Gasteiger partial charge on any atom is -0.389 e. The van der Waals surface area contributed by atoms with Gasteiger partial charge in [0.05, 0.1) is 11.7 Å². The molecule has 0 radical (unpaired) electrons. The van der Waals surface area contributed by atoms with Crippen molar-refractivity contribution >= 4 is 23.2 Å². The van der Waals surface area contributed by atoms with Crippen molar-refractivity contribution in [3.63, 3.8) is 0 Å². The second kappa shape index (κ2) is 6.74. The van der Waals surface area contributed by atoms with Crippen molar-refractivity contribution in [2.45, 2.75) is 19.1 Å². The van der Waals surface area contributed by atoms with Gasteiger partial charge in [0.15, 0.2) is 11.4 Å². The van der Waals surface area contributed by atoms with Crippen molar-refractivity contribution in [2.24, 2.45) is 0 Å². The minimum atomic E-state index is -1.65. The smallest absolute Gasteiger partial charge is 0.185 e. The molecule has 0 saturated heterocycles. The van der Waals surface area contributed by atoms with Gasteiger partial charge in [-0.05, 0) is 6.07 Å². The third-order valence-corrected chi connectivity index (χ3v) is 3.33. The van der Waals surface area contributed by atoms with Gasteiger partial charge in [0.1, 0.15) is 17.7 Å². The van der Waals surface area contributed by atoms with Gasteiger partial charge in [-0.2, -0.15) is 0 Å². The molecule has 1 rings (SSSR count). The largest absolute Gasteiger partial charge is 0.389 e. The normalized spacial score (nSPS) is 13.9. The quantitative estimate of drug-likeness (QED) is 0.803. The second-order valence-electron chi connectivity index (χ2n) is 3.80. The lowest BCUT2D eigenvalue weighted by Gasteiger charge is -2.18. The van der Waals surface area contributed by atoms with Gasteiger partial charge in [-0.15, -0.1) is 0 Å². The highest BCUT2D eigenvalue weighted by atomic mass is 32.2. The molecule has 19 heavy (non-hydrogen) atoms. The van der Waals surface area contributed by atoms with Crippen LogP contribution >= 0.6 is 11.8 Å². The lowest BCUT2D eigenvalue weighted by molar-refractivity contribution is -0.109. The number of aldehydes is 1. The summed E-state index contributed by atoms with van der Waals surface area (Å²) in [4.78, 5) is 21.3. The molecular weight excluding hydrogens is 278 g/mol. The van der Waals surface area contributed by atoms with Crippen LogP contribution in [0.2, 0.25) is 0 Å². The average Bonchev–Trinajstić information content (AvgIpc) is 2.35. The van der Waals surface area contributed by atoms with Crippen molar-refractivity contribution < 1.29 is 28.6 Å². The topological polar surface area (TPSA) is 74.6 Å². The summed E-state index contributed by atoms with van der Waals surface area (Å²) in [5.41, 5.74) is -1.19. The minimum absolute atomic E-state index is 0.00239. The molecule has 0 saturated carbocycles. The zero-order valence-corrected chi connectivity index (χ0v) is 10.8. The Kier molecular flexibility index (Phi) is 5.59. The first-order chi connectivity index (χ1) is 8.88. The summed E-state index contributed by atoms with van der Waals surface area (Å²) < 4.78 is 26.8. The van der Waals surface area contributed by atoms with Crippen LogP contribution in [0.15, 0.2) is 12.1 Å². The molecule has 0 spiro atoms. The van der Waals surface area contributed by atoms with Crippen LogP contribution < -0.4 is 0 Å². The van der Waals surface area contributed by atoms with Gasteiger partial charge in [-0.3, -0.25) is 9.59 Å². The molecular formula is C12H12F2O4S. The van der Waals surface area contributed by atoms with Gasteiger partial charge in [0, 0.05) is 18.2 Å². The molecule has 0 aliphatic rings. The Labute approximate surface area is 112 Å². The number of hydrogen-bond donors (Lipinski definition) is 2. The molecule has 0 bridgehead atoms. The Morgan fingerprint density at radius 1 is 1.42 bits per heavy atom. The van der Waals surface area contributed by atoms with Gasteiger partial charge in [0.2, 0.25) is 0 Å². The fourth-order valence-electron chi connectivity index (χ4n) is 1.42. The molecule has 4 nitrogen and oxygen atoms in total. The van der Waals surface area contributed by atoms with E-state index in [2.05, 4.69) is 0 Å². The summed E-state index contributed by atoms with van der Waals surface area (Å²) in [6.45, 7) is 1.28. The van der Waals surface area contributed by atoms with Crippen LogP contribution in [0, 0.1) is 11.6 Å². The van der Waals surface area contributed by atoms with Gasteiger partial charge in [-0.1, -0.05) is 17.8 Å². The van der Waals surface area contributed by atoms with Gasteiger partial charge >= 0.3 is 0 Å². The number of halogens is 2. The summed E-state index contributed by atoms with van der Waals surface area (Å²) in [5, 5.41) is 19.1. The maximum atomic E-state index is 13.7. The van der Waals surface area contributed by atoms with Crippen LogP contribution in [-0.4, -0.2) is 33.5 Å². The molecule has 0 heterocycles. The first-order valence-corrected chi connectivity index (χ1v) is 6.29. The third-order valence-electron chi connectivity index (χ3n) is 2.41. The number of carbonyl (C=O) groups is 2. The molecule has 0 amide bonds. The van der Waals surface area contributed by atoms with Crippen molar-refractivity contribution in [3.8, 4) is 0 Å². The van der Waals surface area contributed by atoms with Crippen molar-refractivity contribution in [1.29, 1.82) is 0 Å². The number of aliphatic hydroxyl groups is 2. The van der Waals surface area contributed by atoms with Crippen LogP contribution in [0.4, 0.5) is 8.78 Å². The molecule has 2 atom stereocenters. The summed E-state index contributed by atoms with van der Waals surface area (Å²) in [6, 6.07) is 1.78. The van der Waals surface area contributed by atoms with Crippen LogP contribution in [0.25, 0.3) is 0 Å². The zero-order valence-electron chi connectivity index (χ0n) is 9.97. The number of hydrogen-bond acceptors (Lipinski definition) is 5. The van der Waals surface area contributed by atoms with Crippen molar-refractivity contribution in [3.05, 3.63) is 34.9 Å². The fraction of sp³-hybridized carbons (Fsp3) is 0.333. The maximum Gasteiger partial charge on any atom is 0.185 e. The van der Waals surface area contributed by atoms with Crippen molar-refractivity contribution in [2.75, 3.05) is 5.75 Å². The van der Waals surface area contributed by atoms with Gasteiger partial charge < -0.3 is 10.2 Å². The van der Waals surface area contributed by atoms with E-state index in [1.165, 1.54) is 6.92 Å². The van der Waals surface area contributed by atoms with Crippen LogP contribution in [0.1, 0.15) is 28.9 Å². The molecule has 0 aliphatic heterocycles. The molecule has 2 N–H and O–H groups in total. The number of benzene rings is 1. The fourth-order valence-corrected chi connectivity index (χ4v) is 2.01. The molecule has 0 aromatic heterocycles. The van der Waals surface area contributed by atoms with E-state index in [9.17, 15) is 28.6 Å². The first-order valence-electron chi connectivity index (χ1n) is 5.31. The number of thioether (sulfide) groups is 1. The highest BCUT2D eigenvalue weighted by Crippen LogP contribution is 2.25. The predicted octanol–water partition coefficient (Wildman–Crippen LogP) is 1.45. The maximum absolute atomic E-state index is 13.7. The Bertz CT molecular complexity index is 493. The van der Waals surface area contributed by atoms with E-state index in [4.69, 9.17) is 0 Å². The number of carbonyl (C=O) groups excluding carboxylic acids is 2. The standard InChI is InChI=1S/C12H12F2O4S/c1-6(16)19-5-10(17)12(18)7-2-3-9(13)8(4-15)11(7)14/h2-4,10,12,17-18H,5H2,1H3. The molecule has 0 fully saturated rings. The van der Waals surface area contributed by atoms with Gasteiger partial charge in [0.25, 0.3) is 0 Å². The van der Waals surface area contributed by atoms with Gasteiger partial charge in [-0.25, -0.2) is 8.78 Å². The van der Waals surface area contributed by atoms with E-state index < -0.39 is 29.4 Å². The van der Waals surface area contributed by atoms with Crippen molar-refractivity contribution in [1.82, 2.24) is 0 Å². The number of aliphatic hydroxyl groups excluding tert-OH is 2. The first kappa shape index (κ1) is 15.7. The molecule has 0 aliphatic carbocycles. The van der Waals surface area contributed by atoms with Crippen LogP contribution in [0.3, 0.4) is 0 Å². The Morgan fingerprint density at radius 3 is 2.58 bits per heavy atom. The molecule has 104 valence electrons. The lowest BCUT2D eigenvalue weighted by atomic mass is 10.0.